The lowest BCUT2D eigenvalue weighted by Gasteiger charge is -2.10. The maximum absolute atomic E-state index is 12.0. The number of amides is 1. The van der Waals surface area contributed by atoms with Crippen molar-refractivity contribution in [3.8, 4) is 5.75 Å². The zero-order valence-electron chi connectivity index (χ0n) is 13.5. The third kappa shape index (κ3) is 4.61. The first kappa shape index (κ1) is 19.0. The smallest absolute Gasteiger partial charge is 0.338 e. The third-order valence-corrected chi connectivity index (χ3v) is 3.58. The van der Waals surface area contributed by atoms with Crippen molar-refractivity contribution in [1.82, 2.24) is 0 Å². The molecule has 26 heavy (non-hydrogen) atoms. The average molecular weight is 380 g/mol. The number of esters is 1. The van der Waals surface area contributed by atoms with Crippen molar-refractivity contribution in [3.63, 3.8) is 0 Å². The Bertz CT molecular complexity index is 871. The summed E-state index contributed by atoms with van der Waals surface area (Å²) < 4.78 is 9.91. The number of nitrogens with zero attached hydrogens (tertiary/aromatic N) is 1. The molecule has 0 radical (unpaired) electrons. The molecule has 0 aliphatic rings. The number of carbonyl (C=O) groups is 2. The lowest BCUT2D eigenvalue weighted by atomic mass is 10.2. The summed E-state index contributed by atoms with van der Waals surface area (Å²) in [5, 5.41) is 13.5. The number of nitrogen functional groups attached to an aromatic ring is 1. The van der Waals surface area contributed by atoms with Gasteiger partial charge in [0.05, 0.1) is 34.0 Å². The second kappa shape index (κ2) is 8.17. The van der Waals surface area contributed by atoms with Crippen LogP contribution < -0.4 is 15.8 Å². The molecule has 0 aliphatic carbocycles. The molecule has 3 N–H and O–H groups in total. The van der Waals surface area contributed by atoms with E-state index in [0.29, 0.717) is 0 Å². The van der Waals surface area contributed by atoms with Crippen LogP contribution in [-0.4, -0.2) is 30.5 Å². The highest BCUT2D eigenvalue weighted by Gasteiger charge is 2.16. The summed E-state index contributed by atoms with van der Waals surface area (Å²) in [6, 6.07) is 7.88. The normalized spacial score (nSPS) is 10.1. The second-order valence-corrected chi connectivity index (χ2v) is 5.41. The summed E-state index contributed by atoms with van der Waals surface area (Å²) >= 11 is 5.77. The van der Waals surface area contributed by atoms with E-state index in [1.54, 1.807) is 0 Å². The van der Waals surface area contributed by atoms with Crippen LogP contribution in [0.15, 0.2) is 36.4 Å². The van der Waals surface area contributed by atoms with Crippen LogP contribution in [0, 0.1) is 10.1 Å². The van der Waals surface area contributed by atoms with Crippen LogP contribution in [0.5, 0.6) is 5.75 Å². The van der Waals surface area contributed by atoms with E-state index >= 15 is 0 Å². The van der Waals surface area contributed by atoms with Gasteiger partial charge >= 0.3 is 5.97 Å². The van der Waals surface area contributed by atoms with Gasteiger partial charge < -0.3 is 20.5 Å². The van der Waals surface area contributed by atoms with Crippen molar-refractivity contribution >= 4 is 40.5 Å². The van der Waals surface area contributed by atoms with Crippen LogP contribution in [0.2, 0.25) is 5.02 Å². The first-order valence-corrected chi connectivity index (χ1v) is 7.54. The number of anilines is 2. The molecule has 0 aromatic heterocycles. The lowest BCUT2D eigenvalue weighted by Crippen LogP contribution is -2.21. The molecule has 0 spiro atoms. The van der Waals surface area contributed by atoms with Crippen molar-refractivity contribution in [2.75, 3.05) is 24.8 Å². The minimum Gasteiger partial charge on any atom is -0.495 e. The number of nitrogens with two attached hydrogens (primary N) is 1. The Labute approximate surface area is 152 Å². The van der Waals surface area contributed by atoms with E-state index in [1.165, 1.54) is 37.4 Å². The van der Waals surface area contributed by atoms with E-state index in [0.717, 1.165) is 6.07 Å². The van der Waals surface area contributed by atoms with Crippen LogP contribution in [0.1, 0.15) is 10.4 Å². The number of nitro groups is 1. The van der Waals surface area contributed by atoms with Gasteiger partial charge in [0.1, 0.15) is 5.75 Å². The van der Waals surface area contributed by atoms with E-state index in [2.05, 4.69) is 5.32 Å². The topological polar surface area (TPSA) is 134 Å². The minimum atomic E-state index is -0.769. The summed E-state index contributed by atoms with van der Waals surface area (Å²) in [6.07, 6.45) is 0. The zero-order chi connectivity index (χ0) is 19.3. The number of halogens is 1. The molecule has 0 bridgehead atoms. The number of hydrogen-bond donors (Lipinski definition) is 2. The number of non-ortho nitro benzene ring substituents is 1. The van der Waals surface area contributed by atoms with Gasteiger partial charge in [0.25, 0.3) is 11.6 Å². The molecular weight excluding hydrogens is 366 g/mol. The molecule has 1 amide bonds. The van der Waals surface area contributed by atoms with Crippen LogP contribution in [0.4, 0.5) is 17.1 Å². The molecule has 0 heterocycles. The number of nitro benzene ring substituents is 1. The SMILES string of the molecule is COc1ccc([N+](=O)[O-])cc1NC(=O)COC(=O)c1ccc(Cl)c(N)c1. The summed E-state index contributed by atoms with van der Waals surface area (Å²) in [6.45, 7) is -0.604. The molecule has 136 valence electrons. The van der Waals surface area contributed by atoms with Gasteiger partial charge in [0.2, 0.25) is 0 Å². The highest BCUT2D eigenvalue weighted by molar-refractivity contribution is 6.33. The Morgan fingerprint density at radius 2 is 2.00 bits per heavy atom. The van der Waals surface area contributed by atoms with Crippen molar-refractivity contribution in [2.45, 2.75) is 0 Å². The fraction of sp³-hybridized carbons (Fsp3) is 0.125. The quantitative estimate of drug-likeness (QED) is 0.341. The van der Waals surface area contributed by atoms with Crippen LogP contribution in [0.25, 0.3) is 0 Å². The predicted octanol–water partition coefficient (Wildman–Crippen LogP) is 2.63. The molecule has 0 saturated carbocycles. The molecule has 2 aromatic carbocycles. The Morgan fingerprint density at radius 3 is 2.62 bits per heavy atom. The van der Waals surface area contributed by atoms with E-state index in [9.17, 15) is 19.7 Å². The molecule has 0 unspecified atom stereocenters. The predicted molar refractivity (Wildman–Crippen MR) is 94.4 cm³/mol. The second-order valence-electron chi connectivity index (χ2n) is 5.00. The molecule has 9 nitrogen and oxygen atoms in total. The fourth-order valence-electron chi connectivity index (χ4n) is 1.98. The standard InChI is InChI=1S/C16H14ClN3O6/c1-25-14-5-3-10(20(23)24)7-13(14)19-15(21)8-26-16(22)9-2-4-11(17)12(18)6-9/h2-7H,8,18H2,1H3,(H,19,21). The number of carbonyl (C=O) groups excluding carboxylic acids is 2. The third-order valence-electron chi connectivity index (χ3n) is 3.23. The lowest BCUT2D eigenvalue weighted by molar-refractivity contribution is -0.384. The highest BCUT2D eigenvalue weighted by atomic mass is 35.5. The number of ether oxygens (including phenoxy) is 2. The number of hydrogen-bond acceptors (Lipinski definition) is 7. The largest absolute Gasteiger partial charge is 0.495 e. The van der Waals surface area contributed by atoms with E-state index in [-0.39, 0.29) is 33.4 Å². The number of benzene rings is 2. The Kier molecular flexibility index (Phi) is 5.97. The molecule has 0 aliphatic heterocycles. The van der Waals surface area contributed by atoms with Crippen molar-refractivity contribution < 1.29 is 24.0 Å². The molecule has 0 saturated heterocycles. The minimum absolute atomic E-state index is 0.0819. The van der Waals surface area contributed by atoms with Crippen LogP contribution in [-0.2, 0) is 9.53 Å². The van der Waals surface area contributed by atoms with Gasteiger partial charge in [-0.2, -0.15) is 0 Å². The van der Waals surface area contributed by atoms with E-state index < -0.39 is 23.4 Å². The summed E-state index contributed by atoms with van der Waals surface area (Å²) in [4.78, 5) is 34.1. The Hall–Kier alpha value is -3.33. The Balaban J connectivity index is 2.02. The molecule has 2 rings (SSSR count). The van der Waals surface area contributed by atoms with Crippen molar-refractivity contribution in [2.24, 2.45) is 0 Å². The van der Waals surface area contributed by atoms with Gasteiger partial charge in [-0.15, -0.1) is 0 Å². The molecule has 2 aromatic rings. The van der Waals surface area contributed by atoms with Gasteiger partial charge in [-0.25, -0.2) is 4.79 Å². The Morgan fingerprint density at radius 1 is 1.27 bits per heavy atom. The zero-order valence-corrected chi connectivity index (χ0v) is 14.3. The highest BCUT2D eigenvalue weighted by Crippen LogP contribution is 2.28. The van der Waals surface area contributed by atoms with Crippen molar-refractivity contribution in [1.29, 1.82) is 0 Å². The first-order valence-electron chi connectivity index (χ1n) is 7.16. The molecule has 0 atom stereocenters. The molecular formula is C16H14ClN3O6. The number of nitrogens with one attached hydrogen (secondary N) is 1. The molecule has 10 heteroatoms. The van der Waals surface area contributed by atoms with Crippen molar-refractivity contribution in [3.05, 3.63) is 57.1 Å². The van der Waals surface area contributed by atoms with Gasteiger partial charge in [0, 0.05) is 12.1 Å². The van der Waals surface area contributed by atoms with Gasteiger partial charge in [-0.05, 0) is 24.3 Å². The maximum atomic E-state index is 12.0. The monoisotopic (exact) mass is 379 g/mol. The number of methoxy groups -OCH3 is 1. The maximum Gasteiger partial charge on any atom is 0.338 e. The van der Waals surface area contributed by atoms with Gasteiger partial charge in [-0.3, -0.25) is 14.9 Å². The van der Waals surface area contributed by atoms with Crippen LogP contribution >= 0.6 is 11.6 Å². The van der Waals surface area contributed by atoms with Crippen LogP contribution in [0.3, 0.4) is 0 Å². The summed E-state index contributed by atoms with van der Waals surface area (Å²) in [7, 11) is 1.35. The summed E-state index contributed by atoms with van der Waals surface area (Å²) in [5.74, 6) is -1.24. The molecule has 0 fully saturated rings. The van der Waals surface area contributed by atoms with E-state index in [4.69, 9.17) is 26.8 Å². The van der Waals surface area contributed by atoms with Gasteiger partial charge in [-0.1, -0.05) is 11.6 Å². The average Bonchev–Trinajstić information content (AvgIpc) is 2.61. The van der Waals surface area contributed by atoms with E-state index in [1.807, 2.05) is 0 Å². The first-order chi connectivity index (χ1) is 12.3. The number of rotatable bonds is 6. The summed E-state index contributed by atoms with van der Waals surface area (Å²) in [5.41, 5.74) is 5.79. The fourth-order valence-corrected chi connectivity index (χ4v) is 2.10. The van der Waals surface area contributed by atoms with Gasteiger partial charge in [0.15, 0.2) is 6.61 Å².